The molecular weight excluding hydrogens is 268 g/mol. The van der Waals surface area contributed by atoms with Crippen LogP contribution in [0.5, 0.6) is 0 Å². The van der Waals surface area contributed by atoms with Crippen LogP contribution in [0.3, 0.4) is 0 Å². The Bertz CT molecular complexity index is 537. The first-order chi connectivity index (χ1) is 9.61. The van der Waals surface area contributed by atoms with Crippen LogP contribution < -0.4 is 10.2 Å². The van der Waals surface area contributed by atoms with Gasteiger partial charge in [0.1, 0.15) is 5.82 Å². The number of hydrogen-bond donors (Lipinski definition) is 1. The number of thiophene rings is 1. The van der Waals surface area contributed by atoms with Crippen molar-refractivity contribution >= 4 is 23.1 Å². The number of nitrogens with zero attached hydrogens (tertiary/aromatic N) is 3. The second-order valence-corrected chi connectivity index (χ2v) is 6.07. The number of aryl methyl sites for hydroxylation is 1. The molecular formula is C15H22N4S. The van der Waals surface area contributed by atoms with Crippen LogP contribution in [-0.4, -0.2) is 24.1 Å². The lowest BCUT2D eigenvalue weighted by Crippen LogP contribution is -2.16. The fourth-order valence-corrected chi connectivity index (χ4v) is 2.99. The van der Waals surface area contributed by atoms with E-state index in [1.807, 2.05) is 32.1 Å². The number of rotatable bonds is 6. The van der Waals surface area contributed by atoms with E-state index < -0.39 is 0 Å². The molecule has 0 aliphatic rings. The van der Waals surface area contributed by atoms with Gasteiger partial charge in [-0.05, 0) is 24.8 Å². The van der Waals surface area contributed by atoms with Crippen molar-refractivity contribution in [3.8, 4) is 0 Å². The number of hydrogen-bond acceptors (Lipinski definition) is 5. The van der Waals surface area contributed by atoms with E-state index in [2.05, 4.69) is 39.7 Å². The average molecular weight is 290 g/mol. The van der Waals surface area contributed by atoms with Gasteiger partial charge in [-0.3, -0.25) is 0 Å². The van der Waals surface area contributed by atoms with Gasteiger partial charge < -0.3 is 10.2 Å². The Morgan fingerprint density at radius 2 is 2.20 bits per heavy atom. The molecule has 20 heavy (non-hydrogen) atoms. The summed E-state index contributed by atoms with van der Waals surface area (Å²) in [5.41, 5.74) is 1.09. The summed E-state index contributed by atoms with van der Waals surface area (Å²) in [6.45, 7) is 4.23. The van der Waals surface area contributed by atoms with Crippen LogP contribution in [-0.2, 0) is 0 Å². The summed E-state index contributed by atoms with van der Waals surface area (Å²) in [7, 11) is 4.00. The first-order valence-corrected chi connectivity index (χ1v) is 7.80. The molecule has 2 rings (SSSR count). The lowest BCUT2D eigenvalue weighted by molar-refractivity contribution is 0.680. The molecule has 0 saturated carbocycles. The van der Waals surface area contributed by atoms with Crippen molar-refractivity contribution in [1.82, 2.24) is 9.97 Å². The highest BCUT2D eigenvalue weighted by Crippen LogP contribution is 2.27. The fourth-order valence-electron chi connectivity index (χ4n) is 2.17. The van der Waals surface area contributed by atoms with Crippen LogP contribution in [0, 0.1) is 6.92 Å². The molecule has 2 aromatic heterocycles. The Balaban J connectivity index is 2.20. The molecule has 2 aromatic rings. The van der Waals surface area contributed by atoms with Crippen LogP contribution in [0.15, 0.2) is 23.7 Å². The third-order valence-electron chi connectivity index (χ3n) is 3.14. The van der Waals surface area contributed by atoms with Crippen molar-refractivity contribution < 1.29 is 0 Å². The third-order valence-corrected chi connectivity index (χ3v) is 4.12. The molecule has 0 aliphatic carbocycles. The molecule has 0 radical (unpaired) electrons. The molecule has 0 spiro atoms. The smallest absolute Gasteiger partial charge is 0.225 e. The van der Waals surface area contributed by atoms with E-state index in [1.54, 1.807) is 11.3 Å². The zero-order valence-electron chi connectivity index (χ0n) is 12.6. The fraction of sp³-hybridized carbons (Fsp3) is 0.467. The first kappa shape index (κ1) is 14.8. The maximum atomic E-state index is 4.61. The van der Waals surface area contributed by atoms with Gasteiger partial charge >= 0.3 is 0 Å². The maximum absolute atomic E-state index is 4.61. The van der Waals surface area contributed by atoms with E-state index >= 15 is 0 Å². The lowest BCUT2D eigenvalue weighted by atomic mass is 10.1. The molecule has 0 amide bonds. The topological polar surface area (TPSA) is 41.1 Å². The van der Waals surface area contributed by atoms with Gasteiger partial charge in [0, 0.05) is 30.7 Å². The SMILES string of the molecule is CCCC(Nc1ncc(C)c(N(C)C)n1)c1cccs1. The van der Waals surface area contributed by atoms with Gasteiger partial charge in [0.25, 0.3) is 0 Å². The van der Waals surface area contributed by atoms with E-state index in [4.69, 9.17) is 0 Å². The summed E-state index contributed by atoms with van der Waals surface area (Å²) < 4.78 is 0. The highest BCUT2D eigenvalue weighted by Gasteiger charge is 2.14. The minimum Gasteiger partial charge on any atom is -0.362 e. The molecule has 2 heterocycles. The quantitative estimate of drug-likeness (QED) is 0.877. The second kappa shape index (κ2) is 6.70. The predicted octanol–water partition coefficient (Wildman–Crippen LogP) is 3.87. The zero-order valence-corrected chi connectivity index (χ0v) is 13.4. The molecule has 5 heteroatoms. The van der Waals surface area contributed by atoms with Crippen molar-refractivity contribution in [1.29, 1.82) is 0 Å². The highest BCUT2D eigenvalue weighted by molar-refractivity contribution is 7.10. The Kier molecular flexibility index (Phi) is 4.95. The summed E-state index contributed by atoms with van der Waals surface area (Å²) >= 11 is 1.78. The summed E-state index contributed by atoms with van der Waals surface area (Å²) in [6, 6.07) is 4.54. The molecule has 1 N–H and O–H groups in total. The van der Waals surface area contributed by atoms with Gasteiger partial charge in [-0.25, -0.2) is 4.98 Å². The van der Waals surface area contributed by atoms with Crippen LogP contribution in [0.25, 0.3) is 0 Å². The molecule has 0 saturated heterocycles. The van der Waals surface area contributed by atoms with Crippen molar-refractivity contribution in [2.75, 3.05) is 24.3 Å². The van der Waals surface area contributed by atoms with Crippen molar-refractivity contribution in [2.24, 2.45) is 0 Å². The predicted molar refractivity (Wildman–Crippen MR) is 86.7 cm³/mol. The van der Waals surface area contributed by atoms with Gasteiger partial charge in [-0.2, -0.15) is 4.98 Å². The van der Waals surface area contributed by atoms with E-state index in [1.165, 1.54) is 4.88 Å². The third kappa shape index (κ3) is 3.48. The Morgan fingerprint density at radius 1 is 1.40 bits per heavy atom. The van der Waals surface area contributed by atoms with E-state index in [0.717, 1.165) is 24.2 Å². The van der Waals surface area contributed by atoms with Gasteiger partial charge in [0.2, 0.25) is 5.95 Å². The normalized spacial score (nSPS) is 12.2. The summed E-state index contributed by atoms with van der Waals surface area (Å²) in [5, 5.41) is 5.58. The standard InChI is InChI=1S/C15H22N4S/c1-5-7-12(13-8-6-9-20-13)17-15-16-10-11(2)14(18-15)19(3)4/h6,8-10,12H,5,7H2,1-4H3,(H,16,17,18). The molecule has 108 valence electrons. The Labute approximate surface area is 124 Å². The molecule has 0 aromatic carbocycles. The number of nitrogens with one attached hydrogen (secondary N) is 1. The zero-order chi connectivity index (χ0) is 14.5. The van der Waals surface area contributed by atoms with Gasteiger partial charge in [-0.15, -0.1) is 11.3 Å². The molecule has 0 fully saturated rings. The van der Waals surface area contributed by atoms with E-state index in [-0.39, 0.29) is 6.04 Å². The molecule has 0 aliphatic heterocycles. The van der Waals surface area contributed by atoms with Crippen molar-refractivity contribution in [3.63, 3.8) is 0 Å². The first-order valence-electron chi connectivity index (χ1n) is 6.92. The van der Waals surface area contributed by atoms with Crippen LogP contribution in [0.1, 0.15) is 36.2 Å². The summed E-state index contributed by atoms with van der Waals surface area (Å²) in [4.78, 5) is 12.4. The largest absolute Gasteiger partial charge is 0.362 e. The van der Waals surface area contributed by atoms with Gasteiger partial charge in [0.15, 0.2) is 0 Å². The van der Waals surface area contributed by atoms with Crippen molar-refractivity contribution in [2.45, 2.75) is 32.7 Å². The van der Waals surface area contributed by atoms with E-state index in [9.17, 15) is 0 Å². The minimum atomic E-state index is 0.290. The lowest BCUT2D eigenvalue weighted by Gasteiger charge is -2.19. The molecule has 1 atom stereocenters. The van der Waals surface area contributed by atoms with Crippen LogP contribution >= 0.6 is 11.3 Å². The monoisotopic (exact) mass is 290 g/mol. The summed E-state index contributed by atoms with van der Waals surface area (Å²) in [6.07, 6.45) is 4.08. The second-order valence-electron chi connectivity index (χ2n) is 5.10. The Hall–Kier alpha value is -1.62. The average Bonchev–Trinajstić information content (AvgIpc) is 2.94. The van der Waals surface area contributed by atoms with Gasteiger partial charge in [0.05, 0.1) is 6.04 Å². The number of anilines is 2. The number of aromatic nitrogens is 2. The minimum absolute atomic E-state index is 0.290. The van der Waals surface area contributed by atoms with Crippen LogP contribution in [0.4, 0.5) is 11.8 Å². The molecule has 4 nitrogen and oxygen atoms in total. The van der Waals surface area contributed by atoms with Crippen LogP contribution in [0.2, 0.25) is 0 Å². The highest BCUT2D eigenvalue weighted by atomic mass is 32.1. The molecule has 0 bridgehead atoms. The van der Waals surface area contributed by atoms with Gasteiger partial charge in [-0.1, -0.05) is 19.4 Å². The Morgan fingerprint density at radius 3 is 2.80 bits per heavy atom. The molecule has 1 unspecified atom stereocenters. The van der Waals surface area contributed by atoms with Crippen molar-refractivity contribution in [3.05, 3.63) is 34.2 Å². The summed E-state index contributed by atoms with van der Waals surface area (Å²) in [5.74, 6) is 1.66. The maximum Gasteiger partial charge on any atom is 0.225 e. The van der Waals surface area contributed by atoms with E-state index in [0.29, 0.717) is 5.95 Å².